The maximum absolute atomic E-state index is 15.5. The summed E-state index contributed by atoms with van der Waals surface area (Å²) in [5, 5.41) is 12.2. The van der Waals surface area contributed by atoms with Crippen molar-refractivity contribution in [2.45, 2.75) is 13.3 Å². The molecule has 2 saturated heterocycles. The van der Waals surface area contributed by atoms with Crippen LogP contribution in [0.1, 0.15) is 39.9 Å². The van der Waals surface area contributed by atoms with Gasteiger partial charge in [0, 0.05) is 81.1 Å². The summed E-state index contributed by atoms with van der Waals surface area (Å²) in [5.74, 6) is -3.27. The smallest absolute Gasteiger partial charge is 0.292 e. The molecule has 57 heavy (non-hydrogen) atoms. The summed E-state index contributed by atoms with van der Waals surface area (Å²) in [5.41, 5.74) is 6.93. The van der Waals surface area contributed by atoms with E-state index >= 15 is 8.78 Å². The van der Waals surface area contributed by atoms with Crippen molar-refractivity contribution in [1.29, 1.82) is 0 Å². The number of hydrogen-bond acceptors (Lipinski definition) is 10. The van der Waals surface area contributed by atoms with Crippen molar-refractivity contribution in [3.8, 4) is 11.3 Å². The van der Waals surface area contributed by atoms with E-state index in [1.54, 1.807) is 17.9 Å². The van der Waals surface area contributed by atoms with Crippen LogP contribution in [-0.4, -0.2) is 146 Å². The average molecular weight is 816 g/mol. The number of likely N-dealkylation sites (tertiary alicyclic amines) is 1. The van der Waals surface area contributed by atoms with Gasteiger partial charge in [-0.1, -0.05) is 17.7 Å². The third-order valence-corrected chi connectivity index (χ3v) is 10.5. The predicted octanol–water partition coefficient (Wildman–Crippen LogP) is 3.21. The van der Waals surface area contributed by atoms with Gasteiger partial charge in [-0.15, -0.1) is 0 Å². The molecule has 2 atom stereocenters. The highest BCUT2D eigenvalue weighted by atomic mass is 35.5. The number of carbonyl (C=O) groups is 4. The summed E-state index contributed by atoms with van der Waals surface area (Å²) in [6.07, 6.45) is 3.22. The number of nitrogens with zero attached hydrogens (tertiary/aromatic N) is 6. The Morgan fingerprint density at radius 2 is 1.77 bits per heavy atom. The number of nitrogens with one attached hydrogen (secondary N) is 1. The number of aromatic nitrogens is 2. The number of anilines is 1. The van der Waals surface area contributed by atoms with Gasteiger partial charge in [0.05, 0.1) is 75.4 Å². The Morgan fingerprint density at radius 3 is 2.39 bits per heavy atom. The zero-order valence-corrected chi connectivity index (χ0v) is 33.5. The first kappa shape index (κ1) is 44.5. The van der Waals surface area contributed by atoms with E-state index in [-0.39, 0.29) is 63.1 Å². The molecule has 2 aliphatic rings. The number of aliphatic hydroxyl groups excluding tert-OH is 1. The predicted molar refractivity (Wildman–Crippen MR) is 212 cm³/mol. The van der Waals surface area contributed by atoms with Gasteiger partial charge < -0.3 is 44.5 Å². The number of carbonyl (C=O) groups excluding carboxylic acids is 4. The standard InChI is InChI=1S/C37H45ClF2N8O5.C2H4O2/c1-23(42-10-18-53-4)29(20-41)26-7-8-28(33(40)32(26)39)31-21-43-34(45(31)2)35(50)44-25-5-6-27(30(38)19-25)37(52)47-13-11-46(12-14-47)36(51)24-9-15-48(3,22-24)16-17-49;1-4-2-3/h5-8,19-21,24,49H,9-18,22H2,1-4H3,(H2-,41,42,44,50,52);2H,1H3/p+1. The number of benzene rings is 2. The van der Waals surface area contributed by atoms with Crippen molar-refractivity contribution in [2.24, 2.45) is 23.7 Å². The van der Waals surface area contributed by atoms with E-state index in [0.29, 0.717) is 74.8 Å². The van der Waals surface area contributed by atoms with Gasteiger partial charge in [0.15, 0.2) is 17.5 Å². The Kier molecular flexibility index (Phi) is 15.8. The summed E-state index contributed by atoms with van der Waals surface area (Å²) in [7, 11) is 6.41. The number of rotatable bonds is 13. The molecule has 0 saturated carbocycles. The van der Waals surface area contributed by atoms with Gasteiger partial charge in [0.2, 0.25) is 5.91 Å². The minimum Gasteiger partial charge on any atom is -0.471 e. The minimum atomic E-state index is -1.14. The SMILES string of the molecule is COC=O.COCCN=C(C)/C(=C\N)c1ccc(-c2cnc(C(=O)Nc3ccc(C(=O)N4CCN(C(=O)C5CC[N+](C)(CCO)C5)CC4)c(Cl)c3)n2C)c(F)c1F. The van der Waals surface area contributed by atoms with Gasteiger partial charge >= 0.3 is 0 Å². The van der Waals surface area contributed by atoms with Crippen LogP contribution >= 0.6 is 11.6 Å². The molecule has 5 rings (SSSR count). The quantitative estimate of drug-likeness (QED) is 0.101. The Balaban J connectivity index is 0.00000172. The number of ether oxygens (including phenoxy) is 2. The fraction of sp³-hybridized carbons (Fsp3) is 0.436. The van der Waals surface area contributed by atoms with Crippen LogP contribution in [0.5, 0.6) is 0 Å². The van der Waals surface area contributed by atoms with Gasteiger partial charge in [-0.25, -0.2) is 13.8 Å². The number of hydrogen-bond donors (Lipinski definition) is 3. The van der Waals surface area contributed by atoms with Crippen molar-refractivity contribution in [2.75, 3.05) is 92.2 Å². The van der Waals surface area contributed by atoms with Crippen molar-refractivity contribution in [3.05, 3.63) is 76.3 Å². The summed E-state index contributed by atoms with van der Waals surface area (Å²) in [6.45, 7) is 6.51. The van der Waals surface area contributed by atoms with Crippen LogP contribution in [0.15, 0.2) is 47.7 Å². The number of halogens is 3. The molecule has 308 valence electrons. The van der Waals surface area contributed by atoms with E-state index in [1.807, 2.05) is 4.90 Å². The molecule has 2 aliphatic heterocycles. The number of nitrogens with two attached hydrogens (primary N) is 1. The van der Waals surface area contributed by atoms with E-state index < -0.39 is 17.5 Å². The zero-order valence-electron chi connectivity index (χ0n) is 32.8. The number of aliphatic imine (C=N–C) groups is 1. The molecular weight excluding hydrogens is 766 g/mol. The normalized spacial score (nSPS) is 18.5. The Labute approximate surface area is 335 Å². The Hall–Kier alpha value is -5.23. The summed E-state index contributed by atoms with van der Waals surface area (Å²) in [6, 6.07) is 7.29. The molecule has 3 heterocycles. The number of allylic oxidation sites excluding steroid dienone is 1. The molecule has 0 aliphatic carbocycles. The van der Waals surface area contributed by atoms with E-state index in [0.717, 1.165) is 13.0 Å². The molecule has 0 bridgehead atoms. The summed E-state index contributed by atoms with van der Waals surface area (Å²) >= 11 is 6.53. The molecule has 3 aromatic rings. The highest BCUT2D eigenvalue weighted by Gasteiger charge is 2.40. The lowest BCUT2D eigenvalue weighted by Gasteiger charge is -2.36. The van der Waals surface area contributed by atoms with Crippen LogP contribution < -0.4 is 11.1 Å². The number of likely N-dealkylation sites (N-methyl/N-ethyl adjacent to an activating group) is 1. The Morgan fingerprint density at radius 1 is 1.11 bits per heavy atom. The first-order valence-corrected chi connectivity index (χ1v) is 18.6. The fourth-order valence-electron chi connectivity index (χ4n) is 6.96. The van der Waals surface area contributed by atoms with E-state index in [4.69, 9.17) is 26.9 Å². The average Bonchev–Trinajstić information content (AvgIpc) is 3.78. The van der Waals surface area contributed by atoms with Crippen LogP contribution in [0.25, 0.3) is 16.8 Å². The van der Waals surface area contributed by atoms with Crippen LogP contribution in [0.2, 0.25) is 5.02 Å². The molecule has 18 heteroatoms. The second-order valence-electron chi connectivity index (χ2n) is 13.9. The highest BCUT2D eigenvalue weighted by molar-refractivity contribution is 6.34. The second kappa shape index (κ2) is 20.3. The molecule has 0 spiro atoms. The molecule has 2 aromatic carbocycles. The van der Waals surface area contributed by atoms with Crippen molar-refractivity contribution >= 4 is 52.8 Å². The van der Waals surface area contributed by atoms with Crippen molar-refractivity contribution in [1.82, 2.24) is 19.4 Å². The maximum Gasteiger partial charge on any atom is 0.292 e. The van der Waals surface area contributed by atoms with Gasteiger partial charge in [0.1, 0.15) is 6.54 Å². The lowest BCUT2D eigenvalue weighted by Crippen LogP contribution is -2.52. The molecule has 3 amide bonds. The van der Waals surface area contributed by atoms with Crippen LogP contribution in [0.3, 0.4) is 0 Å². The van der Waals surface area contributed by atoms with E-state index in [9.17, 15) is 19.5 Å². The van der Waals surface area contributed by atoms with Gasteiger partial charge in [-0.2, -0.15) is 0 Å². The van der Waals surface area contributed by atoms with Crippen molar-refractivity contribution < 1.29 is 47.0 Å². The van der Waals surface area contributed by atoms with Crippen LogP contribution in [0, 0.1) is 17.6 Å². The largest absolute Gasteiger partial charge is 0.471 e. The van der Waals surface area contributed by atoms with Gasteiger partial charge in [-0.3, -0.25) is 24.2 Å². The van der Waals surface area contributed by atoms with E-state index in [1.165, 1.54) is 62.5 Å². The van der Waals surface area contributed by atoms with Crippen LogP contribution in [-0.2, 0) is 26.1 Å². The third kappa shape index (κ3) is 10.6. The van der Waals surface area contributed by atoms with E-state index in [2.05, 4.69) is 27.1 Å². The summed E-state index contributed by atoms with van der Waals surface area (Å²) < 4.78 is 41.8. The lowest BCUT2D eigenvalue weighted by atomic mass is 9.99. The maximum atomic E-state index is 15.5. The zero-order chi connectivity index (χ0) is 41.9. The molecular formula is C39H50ClF2N8O7+. The number of quaternary nitrogens is 1. The Bertz CT molecular complexity index is 2000. The first-order valence-electron chi connectivity index (χ1n) is 18.3. The topological polar surface area (TPSA) is 182 Å². The number of methoxy groups -OCH3 is 2. The first-order chi connectivity index (χ1) is 27.2. The fourth-order valence-corrected chi connectivity index (χ4v) is 7.22. The van der Waals surface area contributed by atoms with Crippen molar-refractivity contribution in [3.63, 3.8) is 0 Å². The van der Waals surface area contributed by atoms with Gasteiger partial charge in [0.25, 0.3) is 18.3 Å². The highest BCUT2D eigenvalue weighted by Crippen LogP contribution is 2.31. The summed E-state index contributed by atoms with van der Waals surface area (Å²) in [4.78, 5) is 60.7. The van der Waals surface area contributed by atoms with Gasteiger partial charge in [-0.05, 0) is 31.2 Å². The third-order valence-electron chi connectivity index (χ3n) is 10.1. The molecule has 4 N–H and O–H groups in total. The number of amides is 3. The molecule has 2 fully saturated rings. The number of aliphatic hydroxyl groups is 1. The monoisotopic (exact) mass is 815 g/mol. The minimum absolute atomic E-state index is 0.0643. The molecule has 0 radical (unpaired) electrons. The number of imidazole rings is 1. The molecule has 2 unspecified atom stereocenters. The second-order valence-corrected chi connectivity index (χ2v) is 14.3. The van der Waals surface area contributed by atoms with Crippen LogP contribution in [0.4, 0.5) is 14.5 Å². The lowest BCUT2D eigenvalue weighted by molar-refractivity contribution is -0.898. The molecule has 15 nitrogen and oxygen atoms in total. The molecule has 1 aromatic heterocycles. The number of piperazine rings is 1.